The van der Waals surface area contributed by atoms with E-state index >= 15 is 0 Å². The predicted molar refractivity (Wildman–Crippen MR) is 68.7 cm³/mol. The average molecular weight is 249 g/mol. The second-order valence-electron chi connectivity index (χ2n) is 4.67. The van der Waals surface area contributed by atoms with Gasteiger partial charge in [-0.15, -0.1) is 0 Å². The zero-order chi connectivity index (χ0) is 12.0. The molecule has 17 heavy (non-hydrogen) atoms. The van der Waals surface area contributed by atoms with Gasteiger partial charge in [-0.05, 0) is 43.6 Å². The van der Waals surface area contributed by atoms with Gasteiger partial charge in [-0.3, -0.25) is 4.57 Å². The van der Waals surface area contributed by atoms with Gasteiger partial charge in [0.25, 0.3) is 0 Å². The summed E-state index contributed by atoms with van der Waals surface area (Å²) in [7, 11) is 1.76. The second kappa shape index (κ2) is 3.92. The number of ether oxygens (including phenoxy) is 1. The number of aromatic amines is 1. The van der Waals surface area contributed by atoms with Gasteiger partial charge in [0.05, 0.1) is 11.6 Å². The second-order valence-corrected chi connectivity index (χ2v) is 5.05. The number of imidazole rings is 1. The van der Waals surface area contributed by atoms with Crippen LogP contribution < -0.4 is 0 Å². The zero-order valence-corrected chi connectivity index (χ0v) is 10.8. The van der Waals surface area contributed by atoms with E-state index < -0.39 is 0 Å². The molecule has 2 aromatic heterocycles. The predicted octanol–water partition coefficient (Wildman–Crippen LogP) is 2.75. The van der Waals surface area contributed by atoms with Crippen molar-refractivity contribution >= 4 is 23.4 Å². The molecule has 4 nitrogen and oxygen atoms in total. The van der Waals surface area contributed by atoms with Gasteiger partial charge in [-0.25, -0.2) is 4.98 Å². The Morgan fingerprint density at radius 3 is 3.00 bits per heavy atom. The average Bonchev–Trinajstić information content (AvgIpc) is 2.53. The van der Waals surface area contributed by atoms with Crippen LogP contribution in [0.25, 0.3) is 11.2 Å². The number of aryl methyl sites for hydroxylation is 1. The van der Waals surface area contributed by atoms with Crippen molar-refractivity contribution in [3.05, 3.63) is 22.6 Å². The van der Waals surface area contributed by atoms with Crippen LogP contribution in [0.4, 0.5) is 0 Å². The number of fused-ring (bicyclic) bond motifs is 1. The monoisotopic (exact) mass is 249 g/mol. The first-order chi connectivity index (χ1) is 8.19. The maximum atomic E-state index is 5.37. The Morgan fingerprint density at radius 2 is 2.29 bits per heavy atom. The van der Waals surface area contributed by atoms with Crippen molar-refractivity contribution in [2.75, 3.05) is 7.11 Å². The summed E-state index contributed by atoms with van der Waals surface area (Å²) >= 11 is 5.37. The number of methoxy groups -OCH3 is 1. The highest BCUT2D eigenvalue weighted by Crippen LogP contribution is 2.36. The van der Waals surface area contributed by atoms with Crippen LogP contribution in [0.2, 0.25) is 0 Å². The lowest BCUT2D eigenvalue weighted by Gasteiger charge is -2.34. The molecule has 0 bridgehead atoms. The number of nitrogens with zero attached hydrogens (tertiary/aromatic N) is 2. The Hall–Kier alpha value is -1.20. The molecule has 0 radical (unpaired) electrons. The number of hydrogen-bond acceptors (Lipinski definition) is 3. The molecule has 0 saturated heterocycles. The van der Waals surface area contributed by atoms with Crippen molar-refractivity contribution in [2.24, 2.45) is 0 Å². The van der Waals surface area contributed by atoms with Crippen LogP contribution in [0, 0.1) is 11.7 Å². The van der Waals surface area contributed by atoms with Crippen molar-refractivity contribution in [3.63, 3.8) is 0 Å². The Balaban J connectivity index is 2.05. The summed E-state index contributed by atoms with van der Waals surface area (Å²) in [4.78, 5) is 7.70. The van der Waals surface area contributed by atoms with Crippen molar-refractivity contribution in [2.45, 2.75) is 31.9 Å². The molecule has 0 spiro atoms. The van der Waals surface area contributed by atoms with Crippen LogP contribution in [0.3, 0.4) is 0 Å². The number of pyridine rings is 1. The SMILES string of the molecule is COC1CC(n2c(=S)[nH]c3cc(C)cnc32)C1. The number of aromatic nitrogens is 3. The third-order valence-corrected chi connectivity index (χ3v) is 3.76. The summed E-state index contributed by atoms with van der Waals surface area (Å²) in [6.45, 7) is 2.03. The normalized spacial score (nSPS) is 23.9. The maximum Gasteiger partial charge on any atom is 0.179 e. The van der Waals surface area contributed by atoms with E-state index in [9.17, 15) is 0 Å². The lowest BCUT2D eigenvalue weighted by molar-refractivity contribution is 0.00683. The Bertz CT molecular complexity index is 610. The van der Waals surface area contributed by atoms with Gasteiger partial charge in [-0.1, -0.05) is 0 Å². The molecule has 1 aliphatic rings. The van der Waals surface area contributed by atoms with Gasteiger partial charge < -0.3 is 9.72 Å². The molecular formula is C12H15N3OS. The van der Waals surface area contributed by atoms with Crippen LogP contribution >= 0.6 is 12.2 Å². The Kier molecular flexibility index (Phi) is 2.52. The van der Waals surface area contributed by atoms with Crippen molar-refractivity contribution < 1.29 is 4.74 Å². The highest BCUT2D eigenvalue weighted by molar-refractivity contribution is 7.71. The van der Waals surface area contributed by atoms with E-state index in [1.807, 2.05) is 13.1 Å². The van der Waals surface area contributed by atoms with E-state index in [2.05, 4.69) is 20.6 Å². The quantitative estimate of drug-likeness (QED) is 0.832. The summed E-state index contributed by atoms with van der Waals surface area (Å²) in [5.74, 6) is 0. The minimum atomic E-state index is 0.372. The molecule has 2 heterocycles. The topological polar surface area (TPSA) is 42.8 Å². The first-order valence-corrected chi connectivity index (χ1v) is 6.19. The fourth-order valence-corrected chi connectivity index (χ4v) is 2.74. The molecule has 0 aliphatic heterocycles. The summed E-state index contributed by atoms with van der Waals surface area (Å²) in [6.07, 6.45) is 4.30. The largest absolute Gasteiger partial charge is 0.381 e. The lowest BCUT2D eigenvalue weighted by Crippen LogP contribution is -2.32. The highest BCUT2D eigenvalue weighted by Gasteiger charge is 2.32. The molecule has 1 saturated carbocycles. The van der Waals surface area contributed by atoms with Gasteiger partial charge in [0, 0.05) is 19.3 Å². The molecule has 0 unspecified atom stereocenters. The molecule has 1 aliphatic carbocycles. The summed E-state index contributed by atoms with van der Waals surface area (Å²) in [5, 5.41) is 0. The third-order valence-electron chi connectivity index (χ3n) is 3.46. The van der Waals surface area contributed by atoms with E-state index in [1.54, 1.807) is 7.11 Å². The molecule has 1 N–H and O–H groups in total. The van der Waals surface area contributed by atoms with Gasteiger partial charge in [-0.2, -0.15) is 0 Å². The molecule has 1 fully saturated rings. The molecular weight excluding hydrogens is 234 g/mol. The van der Waals surface area contributed by atoms with Gasteiger partial charge >= 0.3 is 0 Å². The van der Waals surface area contributed by atoms with Crippen LogP contribution in [-0.2, 0) is 4.74 Å². The molecule has 2 aromatic rings. The van der Waals surface area contributed by atoms with Crippen molar-refractivity contribution in [1.82, 2.24) is 14.5 Å². The molecule has 3 rings (SSSR count). The summed E-state index contributed by atoms with van der Waals surface area (Å²) < 4.78 is 8.19. The standard InChI is InChI=1S/C12H15N3OS/c1-7-3-10-11(13-6-7)15(12(17)14-10)8-4-9(5-8)16-2/h3,6,8-9H,4-5H2,1-2H3,(H,14,17). The van der Waals surface area contributed by atoms with E-state index in [4.69, 9.17) is 17.0 Å². The molecule has 0 aromatic carbocycles. The summed E-state index contributed by atoms with van der Waals surface area (Å²) in [6, 6.07) is 2.51. The third kappa shape index (κ3) is 1.70. The molecule has 5 heteroatoms. The van der Waals surface area contributed by atoms with E-state index in [1.165, 1.54) is 0 Å². The van der Waals surface area contributed by atoms with Crippen LogP contribution in [-0.4, -0.2) is 27.7 Å². The Morgan fingerprint density at radius 1 is 1.53 bits per heavy atom. The van der Waals surface area contributed by atoms with Crippen molar-refractivity contribution in [1.29, 1.82) is 0 Å². The van der Waals surface area contributed by atoms with Crippen LogP contribution in [0.15, 0.2) is 12.3 Å². The van der Waals surface area contributed by atoms with Crippen LogP contribution in [0.1, 0.15) is 24.4 Å². The molecule has 0 atom stereocenters. The zero-order valence-electron chi connectivity index (χ0n) is 9.93. The minimum absolute atomic E-state index is 0.372. The van der Waals surface area contributed by atoms with E-state index in [-0.39, 0.29) is 0 Å². The number of rotatable bonds is 2. The van der Waals surface area contributed by atoms with Crippen LogP contribution in [0.5, 0.6) is 0 Å². The number of H-pyrrole nitrogens is 1. The number of hydrogen-bond donors (Lipinski definition) is 1. The first-order valence-electron chi connectivity index (χ1n) is 5.78. The Labute approximate surface area is 105 Å². The molecule has 0 amide bonds. The first kappa shape index (κ1) is 10.9. The smallest absolute Gasteiger partial charge is 0.179 e. The maximum absolute atomic E-state index is 5.37. The lowest BCUT2D eigenvalue weighted by atomic mass is 9.89. The van der Waals surface area contributed by atoms with Crippen molar-refractivity contribution in [3.8, 4) is 0 Å². The molecule has 90 valence electrons. The summed E-state index contributed by atoms with van der Waals surface area (Å²) in [5.41, 5.74) is 3.13. The highest BCUT2D eigenvalue weighted by atomic mass is 32.1. The fraction of sp³-hybridized carbons (Fsp3) is 0.500. The minimum Gasteiger partial charge on any atom is -0.381 e. The van der Waals surface area contributed by atoms with E-state index in [0.717, 1.165) is 34.3 Å². The van der Waals surface area contributed by atoms with Gasteiger partial charge in [0.2, 0.25) is 0 Å². The van der Waals surface area contributed by atoms with Gasteiger partial charge in [0.1, 0.15) is 0 Å². The van der Waals surface area contributed by atoms with Gasteiger partial charge in [0.15, 0.2) is 10.4 Å². The number of nitrogens with one attached hydrogen (secondary N) is 1. The fourth-order valence-electron chi connectivity index (χ4n) is 2.40. The van der Waals surface area contributed by atoms with E-state index in [0.29, 0.717) is 12.1 Å².